The van der Waals surface area contributed by atoms with Gasteiger partial charge in [0.25, 0.3) is 5.91 Å². The molecular formula is C16H17N3O4. The molecule has 1 aromatic heterocycles. The van der Waals surface area contributed by atoms with Gasteiger partial charge in [0, 0.05) is 11.9 Å². The highest BCUT2D eigenvalue weighted by atomic mass is 16.5. The van der Waals surface area contributed by atoms with E-state index in [1.165, 1.54) is 6.07 Å². The summed E-state index contributed by atoms with van der Waals surface area (Å²) in [7, 11) is 0. The molecule has 0 saturated heterocycles. The molecule has 0 spiro atoms. The second-order valence-corrected chi connectivity index (χ2v) is 4.70. The van der Waals surface area contributed by atoms with Gasteiger partial charge >= 0.3 is 5.97 Å². The molecular weight excluding hydrogens is 298 g/mol. The normalized spacial score (nSPS) is 10.1. The van der Waals surface area contributed by atoms with Crippen LogP contribution in [0.5, 0.6) is 0 Å². The number of rotatable bonds is 6. The van der Waals surface area contributed by atoms with Crippen molar-refractivity contribution in [2.75, 3.05) is 19.7 Å². The molecule has 0 aliphatic carbocycles. The zero-order valence-electron chi connectivity index (χ0n) is 12.7. The minimum atomic E-state index is -0.691. The lowest BCUT2D eigenvalue weighted by molar-refractivity contribution is -0.127. The van der Waals surface area contributed by atoms with Gasteiger partial charge in [-0.2, -0.15) is 0 Å². The smallest absolute Gasteiger partial charge is 0.357 e. The van der Waals surface area contributed by atoms with Crippen LogP contribution in [-0.2, 0) is 14.3 Å². The van der Waals surface area contributed by atoms with Crippen molar-refractivity contribution in [3.63, 3.8) is 0 Å². The summed E-state index contributed by atoms with van der Waals surface area (Å²) < 4.78 is 4.89. The summed E-state index contributed by atoms with van der Waals surface area (Å²) in [6, 6.07) is 10.7. The Morgan fingerprint density at radius 1 is 1.04 bits per heavy atom. The van der Waals surface area contributed by atoms with Gasteiger partial charge in [-0.05, 0) is 19.1 Å². The molecule has 0 radical (unpaired) electrons. The van der Waals surface area contributed by atoms with Gasteiger partial charge in [0.2, 0.25) is 5.91 Å². The van der Waals surface area contributed by atoms with E-state index in [1.54, 1.807) is 19.1 Å². The Labute approximate surface area is 133 Å². The summed E-state index contributed by atoms with van der Waals surface area (Å²) in [5, 5.41) is 5.80. The Kier molecular flexibility index (Phi) is 5.62. The van der Waals surface area contributed by atoms with Crippen LogP contribution >= 0.6 is 0 Å². The number of fused-ring (bicyclic) bond motifs is 1. The second-order valence-electron chi connectivity index (χ2n) is 4.70. The maximum atomic E-state index is 11.9. The van der Waals surface area contributed by atoms with Gasteiger partial charge in [0.1, 0.15) is 5.69 Å². The number of para-hydroxylation sites is 1. The first kappa shape index (κ1) is 16.4. The van der Waals surface area contributed by atoms with Crippen molar-refractivity contribution in [2.24, 2.45) is 0 Å². The van der Waals surface area contributed by atoms with Crippen molar-refractivity contribution in [2.45, 2.75) is 6.92 Å². The first-order valence-electron chi connectivity index (χ1n) is 7.16. The van der Waals surface area contributed by atoms with Crippen molar-refractivity contribution in [3.05, 3.63) is 42.1 Å². The lowest BCUT2D eigenvalue weighted by Crippen LogP contribution is -2.38. The zero-order valence-corrected chi connectivity index (χ0v) is 12.7. The number of nitrogens with one attached hydrogen (secondary N) is 2. The van der Waals surface area contributed by atoms with Gasteiger partial charge in [0.15, 0.2) is 6.61 Å². The number of nitrogens with zero attached hydrogens (tertiary/aromatic N) is 1. The predicted molar refractivity (Wildman–Crippen MR) is 83.7 cm³/mol. The number of amides is 2. The molecule has 1 aromatic carbocycles. The lowest BCUT2D eigenvalue weighted by Gasteiger charge is -2.07. The summed E-state index contributed by atoms with van der Waals surface area (Å²) >= 11 is 0. The average molecular weight is 315 g/mol. The van der Waals surface area contributed by atoms with E-state index in [4.69, 9.17) is 4.74 Å². The van der Waals surface area contributed by atoms with Crippen molar-refractivity contribution in [1.29, 1.82) is 0 Å². The van der Waals surface area contributed by atoms with Gasteiger partial charge in [0.05, 0.1) is 12.1 Å². The van der Waals surface area contributed by atoms with Crippen LogP contribution in [0.25, 0.3) is 10.9 Å². The van der Waals surface area contributed by atoms with E-state index in [0.717, 1.165) is 5.39 Å². The molecule has 7 nitrogen and oxygen atoms in total. The molecule has 0 bridgehead atoms. The maximum absolute atomic E-state index is 11.9. The minimum absolute atomic E-state index is 0.125. The van der Waals surface area contributed by atoms with Gasteiger partial charge in [-0.3, -0.25) is 9.59 Å². The molecule has 0 atom stereocenters. The Morgan fingerprint density at radius 2 is 1.83 bits per heavy atom. The van der Waals surface area contributed by atoms with Gasteiger partial charge in [-0.1, -0.05) is 24.3 Å². The topological polar surface area (TPSA) is 97.4 Å². The molecule has 0 fully saturated rings. The third-order valence-corrected chi connectivity index (χ3v) is 2.96. The molecule has 2 rings (SSSR count). The van der Waals surface area contributed by atoms with Crippen molar-refractivity contribution >= 4 is 28.7 Å². The molecule has 0 aliphatic rings. The van der Waals surface area contributed by atoms with E-state index >= 15 is 0 Å². The number of esters is 1. The Morgan fingerprint density at radius 3 is 2.61 bits per heavy atom. The predicted octanol–water partition coefficient (Wildman–Crippen LogP) is 0.644. The van der Waals surface area contributed by atoms with Crippen LogP contribution in [0.2, 0.25) is 0 Å². The number of likely N-dealkylation sites (N-methyl/N-ethyl adjacent to an activating group) is 1. The highest BCUT2D eigenvalue weighted by Crippen LogP contribution is 2.12. The first-order chi connectivity index (χ1) is 11.1. The number of ether oxygens (including phenoxy) is 1. The van der Waals surface area contributed by atoms with Crippen LogP contribution in [0.15, 0.2) is 36.4 Å². The van der Waals surface area contributed by atoms with Crippen LogP contribution in [0.3, 0.4) is 0 Å². The molecule has 2 N–H and O–H groups in total. The van der Waals surface area contributed by atoms with E-state index in [-0.39, 0.29) is 18.1 Å². The standard InChI is InChI=1S/C16H17N3O4/c1-2-17-14(20)9-18-15(21)10-23-16(22)13-8-7-11-5-3-4-6-12(11)19-13/h3-8H,2,9-10H2,1H3,(H,17,20)(H,18,21). The average Bonchev–Trinajstić information content (AvgIpc) is 2.57. The van der Waals surface area contributed by atoms with Crippen molar-refractivity contribution < 1.29 is 19.1 Å². The first-order valence-corrected chi connectivity index (χ1v) is 7.16. The highest BCUT2D eigenvalue weighted by Gasteiger charge is 2.12. The van der Waals surface area contributed by atoms with Crippen LogP contribution in [0.1, 0.15) is 17.4 Å². The fourth-order valence-electron chi connectivity index (χ4n) is 1.87. The molecule has 2 amide bonds. The van der Waals surface area contributed by atoms with Crippen LogP contribution in [0.4, 0.5) is 0 Å². The fraction of sp³-hybridized carbons (Fsp3) is 0.250. The number of pyridine rings is 1. The van der Waals surface area contributed by atoms with E-state index in [0.29, 0.717) is 12.1 Å². The molecule has 7 heteroatoms. The molecule has 2 aromatic rings. The molecule has 1 heterocycles. The van der Waals surface area contributed by atoms with Crippen LogP contribution < -0.4 is 10.6 Å². The molecule has 0 aliphatic heterocycles. The Hall–Kier alpha value is -2.96. The van der Waals surface area contributed by atoms with Gasteiger partial charge in [-0.15, -0.1) is 0 Å². The summed E-state index contributed by atoms with van der Waals surface area (Å²) in [5.74, 6) is -1.54. The number of hydrogen-bond acceptors (Lipinski definition) is 5. The summed E-state index contributed by atoms with van der Waals surface area (Å²) in [4.78, 5) is 38.8. The highest BCUT2D eigenvalue weighted by molar-refractivity contribution is 5.93. The largest absolute Gasteiger partial charge is 0.451 e. The molecule has 23 heavy (non-hydrogen) atoms. The number of hydrogen-bond donors (Lipinski definition) is 2. The Balaban J connectivity index is 1.86. The lowest BCUT2D eigenvalue weighted by atomic mass is 10.2. The molecule has 0 saturated carbocycles. The molecule has 0 unspecified atom stereocenters. The third kappa shape index (κ3) is 4.77. The van der Waals surface area contributed by atoms with Crippen LogP contribution in [-0.4, -0.2) is 42.5 Å². The Bertz CT molecular complexity index is 730. The SMILES string of the molecule is CCNC(=O)CNC(=O)COC(=O)c1ccc2ccccc2n1. The number of benzene rings is 1. The second kappa shape index (κ2) is 7.88. The van der Waals surface area contributed by atoms with Crippen molar-refractivity contribution in [3.8, 4) is 0 Å². The summed E-state index contributed by atoms with van der Waals surface area (Å²) in [6.45, 7) is 1.64. The van der Waals surface area contributed by atoms with Crippen molar-refractivity contribution in [1.82, 2.24) is 15.6 Å². The quantitative estimate of drug-likeness (QED) is 0.763. The van der Waals surface area contributed by atoms with E-state index in [2.05, 4.69) is 15.6 Å². The zero-order chi connectivity index (χ0) is 16.7. The minimum Gasteiger partial charge on any atom is -0.451 e. The third-order valence-electron chi connectivity index (χ3n) is 2.96. The molecule has 120 valence electrons. The fourth-order valence-corrected chi connectivity index (χ4v) is 1.87. The van der Waals surface area contributed by atoms with Gasteiger partial charge < -0.3 is 15.4 Å². The number of carbonyl (C=O) groups excluding carboxylic acids is 3. The van der Waals surface area contributed by atoms with E-state index in [1.807, 2.05) is 18.2 Å². The van der Waals surface area contributed by atoms with E-state index < -0.39 is 18.5 Å². The van der Waals surface area contributed by atoms with E-state index in [9.17, 15) is 14.4 Å². The number of carbonyl (C=O) groups is 3. The maximum Gasteiger partial charge on any atom is 0.357 e. The van der Waals surface area contributed by atoms with Crippen LogP contribution in [0, 0.1) is 0 Å². The summed E-state index contributed by atoms with van der Waals surface area (Å²) in [5.41, 5.74) is 0.794. The number of aromatic nitrogens is 1. The van der Waals surface area contributed by atoms with Gasteiger partial charge in [-0.25, -0.2) is 9.78 Å². The summed E-state index contributed by atoms with van der Waals surface area (Å²) in [6.07, 6.45) is 0. The monoisotopic (exact) mass is 315 g/mol.